The van der Waals surface area contributed by atoms with E-state index in [0.717, 1.165) is 5.56 Å². The van der Waals surface area contributed by atoms with E-state index < -0.39 is 6.03 Å². The second-order valence-electron chi connectivity index (χ2n) is 4.76. The van der Waals surface area contributed by atoms with Gasteiger partial charge in [0.15, 0.2) is 11.5 Å². The Balaban J connectivity index is 2.14. The van der Waals surface area contributed by atoms with Gasteiger partial charge < -0.3 is 24.7 Å². The van der Waals surface area contributed by atoms with Crippen LogP contribution in [0, 0.1) is 0 Å². The van der Waals surface area contributed by atoms with E-state index >= 15 is 0 Å². The second-order valence-corrected chi connectivity index (χ2v) is 4.76. The van der Waals surface area contributed by atoms with Crippen LogP contribution in [0.5, 0.6) is 11.5 Å². The molecule has 1 heterocycles. The number of amides is 2. The number of fused-ring (bicyclic) bond motifs is 1. The average Bonchev–Trinajstić information content (AvgIpc) is 2.53. The summed E-state index contributed by atoms with van der Waals surface area (Å²) in [5.74, 6) is 1.20. The third-order valence-corrected chi connectivity index (χ3v) is 3.04. The van der Waals surface area contributed by atoms with Gasteiger partial charge in [-0.05, 0) is 25.1 Å². The standard InChI is InChI=1S/C15H21N3O5/c1-11(17-18-15(16)19)12-2-3-13-14(10-12)23-9-7-21-5-4-20-6-8-22-13/h2-3,10H,4-9H2,1H3,(H3,16,18,19)/b17-11-. The predicted octanol–water partition coefficient (Wildman–Crippen LogP) is 0.883. The lowest BCUT2D eigenvalue weighted by Crippen LogP contribution is -2.25. The number of carbonyl (C=O) groups is 1. The Hall–Kier alpha value is -2.32. The number of ether oxygens (including phenoxy) is 4. The molecule has 0 spiro atoms. The first-order chi connectivity index (χ1) is 11.2. The van der Waals surface area contributed by atoms with Crippen LogP contribution >= 0.6 is 0 Å². The van der Waals surface area contributed by atoms with Crippen molar-refractivity contribution in [1.82, 2.24) is 5.43 Å². The Kier molecular flexibility index (Phi) is 6.64. The van der Waals surface area contributed by atoms with Gasteiger partial charge in [-0.3, -0.25) is 0 Å². The molecule has 0 atom stereocenters. The summed E-state index contributed by atoms with van der Waals surface area (Å²) in [6.07, 6.45) is 0. The van der Waals surface area contributed by atoms with Crippen molar-refractivity contribution in [3.63, 3.8) is 0 Å². The van der Waals surface area contributed by atoms with Crippen LogP contribution in [0.2, 0.25) is 0 Å². The van der Waals surface area contributed by atoms with E-state index in [1.807, 2.05) is 6.07 Å². The summed E-state index contributed by atoms with van der Waals surface area (Å²) in [7, 11) is 0. The van der Waals surface area contributed by atoms with E-state index in [-0.39, 0.29) is 0 Å². The quantitative estimate of drug-likeness (QED) is 0.621. The Labute approximate surface area is 134 Å². The molecule has 0 bridgehead atoms. The first-order valence-electron chi connectivity index (χ1n) is 7.32. The highest BCUT2D eigenvalue weighted by atomic mass is 16.6. The van der Waals surface area contributed by atoms with Crippen LogP contribution in [-0.4, -0.2) is 51.4 Å². The van der Waals surface area contributed by atoms with Crippen molar-refractivity contribution < 1.29 is 23.7 Å². The molecule has 3 N–H and O–H groups in total. The van der Waals surface area contributed by atoms with Crippen molar-refractivity contribution in [2.75, 3.05) is 39.6 Å². The number of urea groups is 1. The minimum Gasteiger partial charge on any atom is -0.487 e. The normalized spacial score (nSPS) is 16.8. The molecule has 23 heavy (non-hydrogen) atoms. The van der Waals surface area contributed by atoms with Crippen LogP contribution in [0.1, 0.15) is 12.5 Å². The summed E-state index contributed by atoms with van der Waals surface area (Å²) >= 11 is 0. The van der Waals surface area contributed by atoms with Crippen molar-refractivity contribution >= 4 is 11.7 Å². The highest BCUT2D eigenvalue weighted by Gasteiger charge is 2.10. The first-order valence-corrected chi connectivity index (χ1v) is 7.32. The number of hydrogen-bond donors (Lipinski definition) is 2. The molecule has 1 aliphatic rings. The van der Waals surface area contributed by atoms with E-state index in [1.54, 1.807) is 19.1 Å². The highest BCUT2D eigenvalue weighted by molar-refractivity contribution is 5.99. The maximum atomic E-state index is 10.7. The van der Waals surface area contributed by atoms with Gasteiger partial charge in [-0.2, -0.15) is 5.10 Å². The third-order valence-electron chi connectivity index (χ3n) is 3.04. The molecule has 1 aromatic rings. The van der Waals surface area contributed by atoms with Gasteiger partial charge in [0.1, 0.15) is 13.2 Å². The van der Waals surface area contributed by atoms with Crippen molar-refractivity contribution in [3.8, 4) is 11.5 Å². The fourth-order valence-corrected chi connectivity index (χ4v) is 1.91. The number of rotatable bonds is 2. The molecule has 1 aromatic carbocycles. The third kappa shape index (κ3) is 5.76. The fraction of sp³-hybridized carbons (Fsp3) is 0.467. The summed E-state index contributed by atoms with van der Waals surface area (Å²) in [6.45, 7) is 4.59. The Morgan fingerprint density at radius 3 is 2.30 bits per heavy atom. The van der Waals surface area contributed by atoms with Crippen LogP contribution in [-0.2, 0) is 9.47 Å². The number of nitrogens with zero attached hydrogens (tertiary/aromatic N) is 1. The van der Waals surface area contributed by atoms with Crippen LogP contribution < -0.4 is 20.6 Å². The van der Waals surface area contributed by atoms with E-state index in [9.17, 15) is 4.79 Å². The van der Waals surface area contributed by atoms with Gasteiger partial charge in [-0.25, -0.2) is 10.2 Å². The molecule has 2 amide bonds. The molecule has 2 rings (SSSR count). The molecule has 0 aromatic heterocycles. The minimum absolute atomic E-state index is 0.398. The SMILES string of the molecule is C/C(=N/NC(N)=O)c1ccc2c(c1)OCCOCCOCCO2. The first kappa shape index (κ1) is 17.0. The molecular weight excluding hydrogens is 302 g/mol. The Morgan fingerprint density at radius 1 is 1.04 bits per heavy atom. The van der Waals surface area contributed by atoms with Gasteiger partial charge in [0.25, 0.3) is 0 Å². The summed E-state index contributed by atoms with van der Waals surface area (Å²) < 4.78 is 22.2. The minimum atomic E-state index is -0.715. The molecule has 0 unspecified atom stereocenters. The van der Waals surface area contributed by atoms with Gasteiger partial charge >= 0.3 is 6.03 Å². The van der Waals surface area contributed by atoms with E-state index in [2.05, 4.69) is 10.5 Å². The maximum absolute atomic E-state index is 10.7. The molecule has 0 saturated carbocycles. The molecular formula is C15H21N3O5. The van der Waals surface area contributed by atoms with E-state index in [1.165, 1.54) is 0 Å². The zero-order valence-corrected chi connectivity index (χ0v) is 13.0. The van der Waals surface area contributed by atoms with Crippen molar-refractivity contribution in [3.05, 3.63) is 23.8 Å². The van der Waals surface area contributed by atoms with Gasteiger partial charge in [-0.1, -0.05) is 0 Å². The molecule has 126 valence electrons. The molecule has 1 aliphatic heterocycles. The fourth-order valence-electron chi connectivity index (χ4n) is 1.91. The number of primary amides is 1. The van der Waals surface area contributed by atoms with Crippen LogP contribution in [0.3, 0.4) is 0 Å². The predicted molar refractivity (Wildman–Crippen MR) is 84.0 cm³/mol. The van der Waals surface area contributed by atoms with Crippen molar-refractivity contribution in [1.29, 1.82) is 0 Å². The van der Waals surface area contributed by atoms with Crippen molar-refractivity contribution in [2.24, 2.45) is 10.8 Å². The largest absolute Gasteiger partial charge is 0.487 e. The smallest absolute Gasteiger partial charge is 0.332 e. The summed E-state index contributed by atoms with van der Waals surface area (Å²) in [6, 6.07) is 4.70. The molecule has 0 fully saturated rings. The van der Waals surface area contributed by atoms with E-state index in [4.69, 9.17) is 24.7 Å². The summed E-state index contributed by atoms with van der Waals surface area (Å²) in [4.78, 5) is 10.7. The Morgan fingerprint density at radius 2 is 1.65 bits per heavy atom. The Bertz CT molecular complexity index is 562. The van der Waals surface area contributed by atoms with Crippen LogP contribution in [0.4, 0.5) is 4.79 Å². The second kappa shape index (κ2) is 8.96. The number of nitrogens with one attached hydrogen (secondary N) is 1. The summed E-state index contributed by atoms with van der Waals surface area (Å²) in [5, 5.41) is 3.90. The maximum Gasteiger partial charge on any atom is 0.332 e. The van der Waals surface area contributed by atoms with Gasteiger partial charge in [-0.15, -0.1) is 0 Å². The average molecular weight is 323 g/mol. The number of nitrogens with two attached hydrogens (primary N) is 1. The van der Waals surface area contributed by atoms with Gasteiger partial charge in [0.2, 0.25) is 0 Å². The monoisotopic (exact) mass is 323 g/mol. The number of benzene rings is 1. The molecule has 8 heteroatoms. The number of hydrazone groups is 1. The van der Waals surface area contributed by atoms with Gasteiger partial charge in [0.05, 0.1) is 32.1 Å². The summed E-state index contributed by atoms with van der Waals surface area (Å²) in [5.41, 5.74) is 8.58. The molecule has 0 radical (unpaired) electrons. The number of hydrogen-bond acceptors (Lipinski definition) is 6. The zero-order valence-electron chi connectivity index (χ0n) is 13.0. The van der Waals surface area contributed by atoms with Crippen molar-refractivity contribution in [2.45, 2.75) is 6.92 Å². The lowest BCUT2D eigenvalue weighted by molar-refractivity contribution is 0.0223. The lowest BCUT2D eigenvalue weighted by atomic mass is 10.1. The van der Waals surface area contributed by atoms with Gasteiger partial charge in [0, 0.05) is 5.56 Å². The molecule has 0 saturated heterocycles. The zero-order chi connectivity index (χ0) is 16.5. The number of carbonyl (C=O) groups excluding carboxylic acids is 1. The molecule has 8 nitrogen and oxygen atoms in total. The molecule has 0 aliphatic carbocycles. The van der Waals surface area contributed by atoms with Crippen LogP contribution in [0.15, 0.2) is 23.3 Å². The lowest BCUT2D eigenvalue weighted by Gasteiger charge is -2.16. The van der Waals surface area contributed by atoms with Crippen LogP contribution in [0.25, 0.3) is 0 Å². The van der Waals surface area contributed by atoms with E-state index in [0.29, 0.717) is 56.9 Å². The highest BCUT2D eigenvalue weighted by Crippen LogP contribution is 2.29. The topological polar surface area (TPSA) is 104 Å².